The zero-order valence-electron chi connectivity index (χ0n) is 18.9. The molecule has 1 aliphatic rings. The summed E-state index contributed by atoms with van der Waals surface area (Å²) in [6, 6.07) is 30.0. The van der Waals surface area contributed by atoms with Crippen molar-refractivity contribution in [2.24, 2.45) is 5.92 Å². The fraction of sp³-hybridized carbons (Fsp3) is 0.214. The Hall–Kier alpha value is -3.35. The largest absolute Gasteiger partial charge is 0.445 e. The smallest absolute Gasteiger partial charge is 0.417 e. The SMILES string of the molecule is C=CCOC(=O)N1C(=O)C(C(C)O)C1SC(c1ccccc1)(c1ccccc1)c1ccccc1. The number of aliphatic hydroxyl groups excluding tert-OH is 1. The monoisotopic (exact) mass is 473 g/mol. The number of imide groups is 1. The van der Waals surface area contributed by atoms with Gasteiger partial charge in [0.2, 0.25) is 5.91 Å². The van der Waals surface area contributed by atoms with Crippen LogP contribution in [0.4, 0.5) is 4.79 Å². The quantitative estimate of drug-likeness (QED) is 0.277. The van der Waals surface area contributed by atoms with Gasteiger partial charge in [0.1, 0.15) is 12.0 Å². The van der Waals surface area contributed by atoms with Crippen molar-refractivity contribution in [2.75, 3.05) is 6.61 Å². The Morgan fingerprint density at radius 1 is 1.00 bits per heavy atom. The van der Waals surface area contributed by atoms with E-state index in [1.165, 1.54) is 17.8 Å². The van der Waals surface area contributed by atoms with Crippen LogP contribution in [0.2, 0.25) is 0 Å². The molecule has 0 saturated carbocycles. The van der Waals surface area contributed by atoms with Gasteiger partial charge >= 0.3 is 6.09 Å². The Morgan fingerprint density at radius 3 is 1.82 bits per heavy atom. The van der Waals surface area contributed by atoms with E-state index in [-0.39, 0.29) is 6.61 Å². The molecule has 3 unspecified atom stereocenters. The van der Waals surface area contributed by atoms with Gasteiger partial charge in [0.15, 0.2) is 0 Å². The number of aliphatic hydroxyl groups is 1. The molecule has 2 amide bonds. The fourth-order valence-electron chi connectivity index (χ4n) is 4.35. The number of likely N-dealkylation sites (tertiary alicyclic amines) is 1. The molecule has 1 fully saturated rings. The third-order valence-electron chi connectivity index (χ3n) is 5.96. The maximum atomic E-state index is 12.9. The summed E-state index contributed by atoms with van der Waals surface area (Å²) in [6.07, 6.45) is -0.200. The van der Waals surface area contributed by atoms with E-state index in [4.69, 9.17) is 4.74 Å². The van der Waals surface area contributed by atoms with Crippen molar-refractivity contribution < 1.29 is 19.4 Å². The number of nitrogens with zero attached hydrogens (tertiary/aromatic N) is 1. The number of ether oxygens (including phenoxy) is 1. The maximum Gasteiger partial charge on any atom is 0.417 e. The number of rotatable bonds is 8. The highest BCUT2D eigenvalue weighted by atomic mass is 32.2. The molecule has 0 spiro atoms. The molecule has 4 rings (SSSR count). The summed E-state index contributed by atoms with van der Waals surface area (Å²) in [5.41, 5.74) is 3.00. The van der Waals surface area contributed by atoms with Crippen LogP contribution >= 0.6 is 11.8 Å². The summed E-state index contributed by atoms with van der Waals surface area (Å²) in [5, 5.41) is 9.83. The van der Waals surface area contributed by atoms with Crippen molar-refractivity contribution in [3.63, 3.8) is 0 Å². The second-order valence-corrected chi connectivity index (χ2v) is 9.46. The van der Waals surface area contributed by atoms with Crippen molar-refractivity contribution >= 4 is 23.8 Å². The van der Waals surface area contributed by atoms with Gasteiger partial charge in [-0.2, -0.15) is 0 Å². The normalized spacial score (nSPS) is 18.6. The fourth-order valence-corrected chi connectivity index (χ4v) is 6.32. The predicted molar refractivity (Wildman–Crippen MR) is 134 cm³/mol. The standard InChI is InChI=1S/C28H27NO4S/c1-3-19-33-27(32)29-25(31)24(20(2)30)26(29)34-28(21-13-7-4-8-14-21,22-15-9-5-10-16-22)23-17-11-6-12-18-23/h3-18,20,24,26,30H,1,19H2,2H3. The van der Waals surface area contributed by atoms with Crippen LogP contribution in [0.5, 0.6) is 0 Å². The van der Waals surface area contributed by atoms with Crippen molar-refractivity contribution in [3.8, 4) is 0 Å². The van der Waals surface area contributed by atoms with Gasteiger partial charge in [-0.05, 0) is 23.6 Å². The molecule has 1 N–H and O–H groups in total. The van der Waals surface area contributed by atoms with Crippen LogP contribution in [0.25, 0.3) is 0 Å². The van der Waals surface area contributed by atoms with Crippen LogP contribution in [0.15, 0.2) is 104 Å². The Labute approximate surface area is 204 Å². The lowest BCUT2D eigenvalue weighted by molar-refractivity contribution is -0.152. The number of amides is 2. The molecule has 0 bridgehead atoms. The van der Waals surface area contributed by atoms with E-state index >= 15 is 0 Å². The third kappa shape index (κ3) is 4.27. The molecule has 6 heteroatoms. The number of β-lactam (4-membered cyclic amide) rings is 1. The average molecular weight is 474 g/mol. The average Bonchev–Trinajstić information content (AvgIpc) is 2.86. The van der Waals surface area contributed by atoms with Crippen molar-refractivity contribution in [3.05, 3.63) is 120 Å². The van der Waals surface area contributed by atoms with E-state index in [2.05, 4.69) is 6.58 Å². The molecule has 1 heterocycles. The van der Waals surface area contributed by atoms with Crippen LogP contribution in [-0.2, 0) is 14.3 Å². The predicted octanol–water partition coefficient (Wildman–Crippen LogP) is 5.20. The summed E-state index contributed by atoms with van der Waals surface area (Å²) >= 11 is 1.47. The zero-order chi connectivity index (χ0) is 24.1. The van der Waals surface area contributed by atoms with E-state index in [0.717, 1.165) is 21.6 Å². The molecule has 5 nitrogen and oxygen atoms in total. The lowest BCUT2D eigenvalue weighted by Crippen LogP contribution is -2.65. The van der Waals surface area contributed by atoms with Gasteiger partial charge in [0.25, 0.3) is 0 Å². The van der Waals surface area contributed by atoms with Crippen LogP contribution in [-0.4, -0.2) is 40.1 Å². The summed E-state index contributed by atoms with van der Waals surface area (Å²) in [4.78, 5) is 26.9. The molecule has 1 aliphatic heterocycles. The summed E-state index contributed by atoms with van der Waals surface area (Å²) in [6.45, 7) is 5.15. The Bertz CT molecular complexity index is 1040. The lowest BCUT2D eigenvalue weighted by Gasteiger charge is -2.49. The number of hydrogen-bond acceptors (Lipinski definition) is 5. The zero-order valence-corrected chi connectivity index (χ0v) is 19.7. The molecule has 34 heavy (non-hydrogen) atoms. The van der Waals surface area contributed by atoms with E-state index in [9.17, 15) is 14.7 Å². The highest BCUT2D eigenvalue weighted by molar-refractivity contribution is 8.01. The molecular formula is C28H27NO4S. The molecular weight excluding hydrogens is 446 g/mol. The van der Waals surface area contributed by atoms with Crippen molar-refractivity contribution in [2.45, 2.75) is 23.1 Å². The maximum absolute atomic E-state index is 12.9. The molecule has 174 valence electrons. The Balaban J connectivity index is 1.89. The minimum Gasteiger partial charge on any atom is -0.445 e. The topological polar surface area (TPSA) is 66.8 Å². The number of benzene rings is 3. The van der Waals surface area contributed by atoms with Gasteiger partial charge in [-0.25, -0.2) is 9.69 Å². The lowest BCUT2D eigenvalue weighted by atomic mass is 9.84. The highest BCUT2D eigenvalue weighted by Crippen LogP contribution is 2.54. The summed E-state index contributed by atoms with van der Waals surface area (Å²) in [5.74, 6) is -1.18. The number of thioether (sulfide) groups is 1. The van der Waals surface area contributed by atoms with E-state index in [1.807, 2.05) is 91.0 Å². The first kappa shape index (κ1) is 23.8. The molecule has 3 aromatic carbocycles. The van der Waals surface area contributed by atoms with Gasteiger partial charge in [0, 0.05) is 0 Å². The van der Waals surface area contributed by atoms with E-state index in [1.54, 1.807) is 6.92 Å². The highest BCUT2D eigenvalue weighted by Gasteiger charge is 2.57. The number of hydrogen-bond donors (Lipinski definition) is 1. The first-order chi connectivity index (χ1) is 16.5. The van der Waals surface area contributed by atoms with Crippen molar-refractivity contribution in [1.29, 1.82) is 0 Å². The van der Waals surface area contributed by atoms with Crippen molar-refractivity contribution in [1.82, 2.24) is 4.90 Å². The molecule has 3 aromatic rings. The van der Waals surface area contributed by atoms with Gasteiger partial charge in [-0.15, -0.1) is 11.8 Å². The Kier molecular flexibility index (Phi) is 7.20. The first-order valence-corrected chi connectivity index (χ1v) is 12.0. The second-order valence-electron chi connectivity index (χ2n) is 8.13. The molecule has 0 aliphatic carbocycles. The number of carbonyl (C=O) groups is 2. The van der Waals surface area contributed by atoms with Crippen LogP contribution < -0.4 is 0 Å². The number of carbonyl (C=O) groups excluding carboxylic acids is 2. The molecule has 0 aromatic heterocycles. The van der Waals surface area contributed by atoms with Gasteiger partial charge in [0.05, 0.1) is 16.8 Å². The second kappa shape index (κ2) is 10.3. The minimum absolute atomic E-state index is 0.000540. The van der Waals surface area contributed by atoms with E-state index < -0.39 is 34.1 Å². The van der Waals surface area contributed by atoms with E-state index in [0.29, 0.717) is 0 Å². The molecule has 0 radical (unpaired) electrons. The van der Waals surface area contributed by atoms with Gasteiger partial charge < -0.3 is 9.84 Å². The minimum atomic E-state index is -0.923. The summed E-state index contributed by atoms with van der Waals surface area (Å²) < 4.78 is 4.46. The van der Waals surface area contributed by atoms with Crippen LogP contribution in [0.1, 0.15) is 23.6 Å². The summed E-state index contributed by atoms with van der Waals surface area (Å²) in [7, 11) is 0. The van der Waals surface area contributed by atoms with Gasteiger partial charge in [-0.3, -0.25) is 4.79 Å². The first-order valence-electron chi connectivity index (χ1n) is 11.1. The van der Waals surface area contributed by atoms with Gasteiger partial charge in [-0.1, -0.05) is 104 Å². The third-order valence-corrected chi connectivity index (χ3v) is 7.77. The molecule has 1 saturated heterocycles. The van der Waals surface area contributed by atoms with Crippen LogP contribution in [0, 0.1) is 5.92 Å². The Morgan fingerprint density at radius 2 is 1.44 bits per heavy atom. The van der Waals surface area contributed by atoms with Crippen LogP contribution in [0.3, 0.4) is 0 Å². The molecule has 3 atom stereocenters.